The number of fused-ring (bicyclic) bond motifs is 1. The highest BCUT2D eigenvalue weighted by molar-refractivity contribution is 5.89. The average molecular weight is 256 g/mol. The normalized spacial score (nSPS) is 16.1. The highest BCUT2D eigenvalue weighted by Crippen LogP contribution is 2.30. The second-order valence-electron chi connectivity index (χ2n) is 5.19. The molecule has 0 atom stereocenters. The molecule has 3 rings (SSSR count). The van der Waals surface area contributed by atoms with E-state index in [1.807, 2.05) is 13.2 Å². The quantitative estimate of drug-likeness (QED) is 0.911. The number of nitrogens with zero attached hydrogens (tertiary/aromatic N) is 1. The van der Waals surface area contributed by atoms with Gasteiger partial charge in [-0.25, -0.2) is 4.98 Å². The first-order chi connectivity index (χ1) is 9.38. The van der Waals surface area contributed by atoms with Gasteiger partial charge in [0.05, 0.1) is 0 Å². The van der Waals surface area contributed by atoms with E-state index in [9.17, 15) is 0 Å². The molecule has 19 heavy (non-hydrogen) atoms. The van der Waals surface area contributed by atoms with Gasteiger partial charge in [0.1, 0.15) is 6.10 Å². The third kappa shape index (κ3) is 2.56. The third-order valence-electron chi connectivity index (χ3n) is 3.79. The van der Waals surface area contributed by atoms with Crippen LogP contribution >= 0.6 is 0 Å². The lowest BCUT2D eigenvalue weighted by Crippen LogP contribution is -2.13. The smallest absolute Gasteiger partial charge is 0.221 e. The molecule has 100 valence electrons. The Labute approximate surface area is 114 Å². The Morgan fingerprint density at radius 3 is 2.68 bits per heavy atom. The largest absolute Gasteiger partial charge is 0.474 e. The molecule has 1 saturated carbocycles. The zero-order chi connectivity index (χ0) is 13.1. The predicted octanol–water partition coefficient (Wildman–Crippen LogP) is 3.28. The zero-order valence-electron chi connectivity index (χ0n) is 11.4. The molecule has 1 heterocycles. The number of rotatable bonds is 4. The summed E-state index contributed by atoms with van der Waals surface area (Å²) in [6.45, 7) is 0.831. The number of ether oxygens (including phenoxy) is 1. The second kappa shape index (κ2) is 5.57. The Balaban J connectivity index is 1.98. The van der Waals surface area contributed by atoms with Crippen LogP contribution in [0, 0.1) is 0 Å². The van der Waals surface area contributed by atoms with E-state index in [0.717, 1.165) is 30.7 Å². The Morgan fingerprint density at radius 2 is 1.95 bits per heavy atom. The molecule has 0 saturated heterocycles. The minimum Gasteiger partial charge on any atom is -0.474 e. The standard InChI is InChI=1S/C16H20N2O/c1-17-10-12-11-18-16(19-13-6-2-3-7-13)15-9-5-4-8-14(12)15/h4-5,8-9,11,13,17H,2-3,6-7,10H2,1H3. The van der Waals surface area contributed by atoms with Gasteiger partial charge in [-0.1, -0.05) is 18.2 Å². The lowest BCUT2D eigenvalue weighted by atomic mass is 10.1. The molecule has 1 N–H and O–H groups in total. The molecule has 1 aliphatic rings. The summed E-state index contributed by atoms with van der Waals surface area (Å²) in [6, 6.07) is 8.37. The summed E-state index contributed by atoms with van der Waals surface area (Å²) in [5.41, 5.74) is 1.22. The Kier molecular flexibility index (Phi) is 3.65. The van der Waals surface area contributed by atoms with Gasteiger partial charge in [-0.2, -0.15) is 0 Å². The van der Waals surface area contributed by atoms with Gasteiger partial charge in [0.2, 0.25) is 5.88 Å². The molecule has 0 radical (unpaired) electrons. The molecule has 3 nitrogen and oxygen atoms in total. The number of pyridine rings is 1. The van der Waals surface area contributed by atoms with Crippen molar-refractivity contribution in [1.29, 1.82) is 0 Å². The van der Waals surface area contributed by atoms with E-state index in [1.165, 1.54) is 23.8 Å². The maximum absolute atomic E-state index is 6.09. The third-order valence-corrected chi connectivity index (χ3v) is 3.79. The van der Waals surface area contributed by atoms with Crippen molar-refractivity contribution in [2.24, 2.45) is 0 Å². The monoisotopic (exact) mass is 256 g/mol. The van der Waals surface area contributed by atoms with Gasteiger partial charge in [0.25, 0.3) is 0 Å². The maximum Gasteiger partial charge on any atom is 0.221 e. The Morgan fingerprint density at radius 1 is 1.21 bits per heavy atom. The Bertz CT molecular complexity index is 562. The van der Waals surface area contributed by atoms with Crippen molar-refractivity contribution in [3.8, 4) is 5.88 Å². The van der Waals surface area contributed by atoms with Crippen LogP contribution in [0.1, 0.15) is 31.2 Å². The highest BCUT2D eigenvalue weighted by atomic mass is 16.5. The summed E-state index contributed by atoms with van der Waals surface area (Å²) >= 11 is 0. The first-order valence-corrected chi connectivity index (χ1v) is 7.06. The summed E-state index contributed by atoms with van der Waals surface area (Å²) in [5.74, 6) is 0.794. The summed E-state index contributed by atoms with van der Waals surface area (Å²) in [6.07, 6.45) is 7.16. The van der Waals surface area contributed by atoms with Crippen LogP contribution in [0.3, 0.4) is 0 Å². The van der Waals surface area contributed by atoms with E-state index in [2.05, 4.69) is 34.6 Å². The number of hydrogen-bond donors (Lipinski definition) is 1. The number of benzene rings is 1. The van der Waals surface area contributed by atoms with E-state index in [-0.39, 0.29) is 0 Å². The van der Waals surface area contributed by atoms with E-state index < -0.39 is 0 Å². The van der Waals surface area contributed by atoms with Gasteiger partial charge in [-0.15, -0.1) is 0 Å². The van der Waals surface area contributed by atoms with Gasteiger partial charge >= 0.3 is 0 Å². The summed E-state index contributed by atoms with van der Waals surface area (Å²) in [5, 5.41) is 5.55. The SMILES string of the molecule is CNCc1cnc(OC2CCCC2)c2ccccc12. The van der Waals surface area contributed by atoms with E-state index in [1.54, 1.807) is 0 Å². The first-order valence-electron chi connectivity index (χ1n) is 7.06. The minimum absolute atomic E-state index is 0.353. The van der Waals surface area contributed by atoms with Crippen LogP contribution in [0.15, 0.2) is 30.5 Å². The highest BCUT2D eigenvalue weighted by Gasteiger charge is 2.18. The predicted molar refractivity (Wildman–Crippen MR) is 77.4 cm³/mol. The molecule has 1 aliphatic carbocycles. The average Bonchev–Trinajstić information content (AvgIpc) is 2.95. The van der Waals surface area contributed by atoms with Crippen LogP contribution in [0.25, 0.3) is 10.8 Å². The number of hydrogen-bond acceptors (Lipinski definition) is 3. The van der Waals surface area contributed by atoms with Gasteiger partial charge < -0.3 is 10.1 Å². The molecule has 3 heteroatoms. The topological polar surface area (TPSA) is 34.2 Å². The van der Waals surface area contributed by atoms with Crippen LogP contribution < -0.4 is 10.1 Å². The molecule has 1 aromatic carbocycles. The molecular weight excluding hydrogens is 236 g/mol. The van der Waals surface area contributed by atoms with Crippen molar-refractivity contribution in [1.82, 2.24) is 10.3 Å². The summed E-state index contributed by atoms with van der Waals surface area (Å²) in [4.78, 5) is 4.53. The van der Waals surface area contributed by atoms with Crippen molar-refractivity contribution in [3.05, 3.63) is 36.0 Å². The fraction of sp³-hybridized carbons (Fsp3) is 0.438. The molecule has 0 amide bonds. The van der Waals surface area contributed by atoms with Crippen molar-refractivity contribution in [2.75, 3.05) is 7.05 Å². The fourth-order valence-corrected chi connectivity index (χ4v) is 2.81. The summed E-state index contributed by atoms with van der Waals surface area (Å²) in [7, 11) is 1.96. The number of aromatic nitrogens is 1. The lowest BCUT2D eigenvalue weighted by molar-refractivity contribution is 0.204. The molecule has 0 spiro atoms. The van der Waals surface area contributed by atoms with Crippen molar-refractivity contribution >= 4 is 10.8 Å². The molecule has 2 aromatic rings. The van der Waals surface area contributed by atoms with Crippen LogP contribution in [-0.2, 0) is 6.54 Å². The second-order valence-corrected chi connectivity index (χ2v) is 5.19. The summed E-state index contributed by atoms with van der Waals surface area (Å²) < 4.78 is 6.09. The molecule has 0 unspecified atom stereocenters. The Hall–Kier alpha value is -1.61. The van der Waals surface area contributed by atoms with Crippen LogP contribution in [0.2, 0.25) is 0 Å². The van der Waals surface area contributed by atoms with Crippen molar-refractivity contribution < 1.29 is 4.74 Å². The minimum atomic E-state index is 0.353. The van der Waals surface area contributed by atoms with Gasteiger partial charge in [-0.05, 0) is 49.7 Å². The molecule has 1 fully saturated rings. The van der Waals surface area contributed by atoms with Crippen molar-refractivity contribution in [2.45, 2.75) is 38.3 Å². The van der Waals surface area contributed by atoms with E-state index >= 15 is 0 Å². The van der Waals surface area contributed by atoms with Crippen LogP contribution in [0.5, 0.6) is 5.88 Å². The number of nitrogens with one attached hydrogen (secondary N) is 1. The van der Waals surface area contributed by atoms with Gasteiger partial charge in [0, 0.05) is 18.1 Å². The van der Waals surface area contributed by atoms with Gasteiger partial charge in [0.15, 0.2) is 0 Å². The molecule has 0 bridgehead atoms. The van der Waals surface area contributed by atoms with Crippen LogP contribution in [0.4, 0.5) is 0 Å². The maximum atomic E-state index is 6.09. The molecule has 1 aromatic heterocycles. The van der Waals surface area contributed by atoms with Crippen molar-refractivity contribution in [3.63, 3.8) is 0 Å². The van der Waals surface area contributed by atoms with E-state index in [0.29, 0.717) is 6.10 Å². The molecular formula is C16H20N2O. The fourth-order valence-electron chi connectivity index (χ4n) is 2.81. The van der Waals surface area contributed by atoms with Gasteiger partial charge in [-0.3, -0.25) is 0 Å². The van der Waals surface area contributed by atoms with E-state index in [4.69, 9.17) is 4.74 Å². The molecule has 0 aliphatic heterocycles. The van der Waals surface area contributed by atoms with Crippen LogP contribution in [-0.4, -0.2) is 18.1 Å². The zero-order valence-corrected chi connectivity index (χ0v) is 11.4. The first kappa shape index (κ1) is 12.4. The lowest BCUT2D eigenvalue weighted by Gasteiger charge is -2.15.